The van der Waals surface area contributed by atoms with Crippen LogP contribution in [-0.2, 0) is 9.47 Å². The van der Waals surface area contributed by atoms with Crippen molar-refractivity contribution < 1.29 is 24.8 Å². The minimum absolute atomic E-state index is 0.0361. The van der Waals surface area contributed by atoms with E-state index in [0.717, 1.165) is 12.8 Å². The standard InChI is InChI=1S/C23H44O5S/c1-2-3-4-5-6-7-8-9-10-11-12-13-14-15-16-21(29)28-23-19(25)18-27-20(17-24)22(23)26/h19-20,22-26H,2-18H2,1H3/t19-,20+,22+,23+/m0/s1. The van der Waals surface area contributed by atoms with Crippen LogP contribution in [0.2, 0.25) is 0 Å². The highest BCUT2D eigenvalue weighted by Crippen LogP contribution is 2.20. The maximum atomic E-state index is 10.1. The van der Waals surface area contributed by atoms with Crippen LogP contribution >= 0.6 is 12.2 Å². The summed E-state index contributed by atoms with van der Waals surface area (Å²) in [6.45, 7) is 1.99. The van der Waals surface area contributed by atoms with Gasteiger partial charge in [0.05, 0.1) is 13.2 Å². The molecule has 1 heterocycles. The number of unbranched alkanes of at least 4 members (excludes halogenated alkanes) is 13. The van der Waals surface area contributed by atoms with Crippen LogP contribution in [0.25, 0.3) is 0 Å². The number of ether oxygens (including phenoxy) is 2. The van der Waals surface area contributed by atoms with Crippen LogP contribution in [-0.4, -0.2) is 58.0 Å². The summed E-state index contributed by atoms with van der Waals surface area (Å²) in [4.78, 5) is 0. The number of aliphatic hydroxyl groups excluding tert-OH is 3. The molecule has 5 nitrogen and oxygen atoms in total. The fraction of sp³-hybridized carbons (Fsp3) is 0.957. The van der Waals surface area contributed by atoms with Crippen molar-refractivity contribution in [3.8, 4) is 0 Å². The molecule has 1 saturated heterocycles. The quantitative estimate of drug-likeness (QED) is 0.229. The first-order chi connectivity index (χ1) is 14.1. The van der Waals surface area contributed by atoms with Crippen LogP contribution in [0.15, 0.2) is 0 Å². The van der Waals surface area contributed by atoms with Crippen LogP contribution in [0.3, 0.4) is 0 Å². The van der Waals surface area contributed by atoms with E-state index in [0.29, 0.717) is 11.5 Å². The number of rotatable bonds is 17. The maximum Gasteiger partial charge on any atom is 0.160 e. The second-order valence-corrected chi connectivity index (χ2v) is 8.87. The Labute approximate surface area is 183 Å². The molecule has 0 aromatic carbocycles. The molecule has 1 aliphatic rings. The van der Waals surface area contributed by atoms with Gasteiger partial charge >= 0.3 is 0 Å². The maximum absolute atomic E-state index is 10.1. The average molecular weight is 433 g/mol. The highest BCUT2D eigenvalue weighted by atomic mass is 32.1. The van der Waals surface area contributed by atoms with Gasteiger partial charge in [-0.3, -0.25) is 0 Å². The van der Waals surface area contributed by atoms with E-state index in [1.807, 2.05) is 0 Å². The van der Waals surface area contributed by atoms with Gasteiger partial charge in [0.15, 0.2) is 11.2 Å². The summed E-state index contributed by atoms with van der Waals surface area (Å²) in [5.74, 6) is 0. The molecule has 0 radical (unpaired) electrons. The summed E-state index contributed by atoms with van der Waals surface area (Å²) in [6, 6.07) is 0. The first-order valence-electron chi connectivity index (χ1n) is 11.9. The van der Waals surface area contributed by atoms with Crippen molar-refractivity contribution in [3.63, 3.8) is 0 Å². The number of hydrogen-bond acceptors (Lipinski definition) is 6. The third kappa shape index (κ3) is 12.2. The van der Waals surface area contributed by atoms with Gasteiger partial charge in [0.1, 0.15) is 18.3 Å². The van der Waals surface area contributed by atoms with Crippen molar-refractivity contribution in [2.75, 3.05) is 13.2 Å². The molecule has 0 saturated carbocycles. The van der Waals surface area contributed by atoms with Crippen molar-refractivity contribution in [2.45, 2.75) is 128 Å². The number of aliphatic hydroxyl groups is 3. The number of thiocarbonyl (C=S) groups is 1. The fourth-order valence-corrected chi connectivity index (χ4v) is 4.09. The number of hydrogen-bond donors (Lipinski definition) is 3. The second-order valence-electron chi connectivity index (χ2n) is 8.41. The normalized spacial score (nSPS) is 24.6. The monoisotopic (exact) mass is 432 g/mol. The van der Waals surface area contributed by atoms with Gasteiger partial charge in [-0.25, -0.2) is 0 Å². The SMILES string of the molecule is CCCCCCCCCCCCCCCCC(=S)O[C@H]1[C@H](O)[C@@H](CO)OC[C@@H]1O. The summed E-state index contributed by atoms with van der Waals surface area (Å²) in [7, 11) is 0. The Bertz CT molecular complexity index is 407. The highest BCUT2D eigenvalue weighted by molar-refractivity contribution is 7.80. The van der Waals surface area contributed by atoms with Crippen LogP contribution in [0.1, 0.15) is 103 Å². The van der Waals surface area contributed by atoms with Crippen molar-refractivity contribution in [1.82, 2.24) is 0 Å². The molecule has 0 amide bonds. The molecule has 1 fully saturated rings. The lowest BCUT2D eigenvalue weighted by Crippen LogP contribution is -2.55. The van der Waals surface area contributed by atoms with Gasteiger partial charge in [-0.2, -0.15) is 0 Å². The third-order valence-electron chi connectivity index (χ3n) is 5.76. The van der Waals surface area contributed by atoms with Gasteiger partial charge < -0.3 is 24.8 Å². The lowest BCUT2D eigenvalue weighted by atomic mass is 10.0. The molecule has 0 spiro atoms. The Kier molecular flexibility index (Phi) is 16.1. The Morgan fingerprint density at radius 3 is 1.83 bits per heavy atom. The van der Waals surface area contributed by atoms with Crippen molar-refractivity contribution >= 4 is 17.3 Å². The topological polar surface area (TPSA) is 79.2 Å². The Morgan fingerprint density at radius 1 is 0.862 bits per heavy atom. The zero-order valence-corrected chi connectivity index (χ0v) is 19.2. The van der Waals surface area contributed by atoms with Crippen LogP contribution in [0.4, 0.5) is 0 Å². The highest BCUT2D eigenvalue weighted by Gasteiger charge is 2.40. The molecule has 3 N–H and O–H groups in total. The smallest absolute Gasteiger partial charge is 0.160 e. The minimum Gasteiger partial charge on any atom is -0.478 e. The molecule has 4 atom stereocenters. The predicted molar refractivity (Wildman–Crippen MR) is 121 cm³/mol. The van der Waals surface area contributed by atoms with Gasteiger partial charge in [0, 0.05) is 6.42 Å². The van der Waals surface area contributed by atoms with Gasteiger partial charge in [-0.05, 0) is 18.6 Å². The van der Waals surface area contributed by atoms with Crippen LogP contribution in [0, 0.1) is 0 Å². The van der Waals surface area contributed by atoms with E-state index in [2.05, 4.69) is 6.92 Å². The van der Waals surface area contributed by atoms with Crippen molar-refractivity contribution in [1.29, 1.82) is 0 Å². The minimum atomic E-state index is -1.07. The van der Waals surface area contributed by atoms with E-state index in [1.165, 1.54) is 77.0 Å². The average Bonchev–Trinajstić information content (AvgIpc) is 2.71. The molecule has 1 aliphatic heterocycles. The van der Waals surface area contributed by atoms with E-state index in [4.69, 9.17) is 21.7 Å². The van der Waals surface area contributed by atoms with E-state index in [9.17, 15) is 15.3 Å². The summed E-state index contributed by atoms with van der Waals surface area (Å²) >= 11 is 5.26. The largest absolute Gasteiger partial charge is 0.478 e. The zero-order chi connectivity index (χ0) is 21.3. The summed E-state index contributed by atoms with van der Waals surface area (Å²) < 4.78 is 10.8. The van der Waals surface area contributed by atoms with Gasteiger partial charge in [0.25, 0.3) is 0 Å². The summed E-state index contributed by atoms with van der Waals surface area (Å²) in [5.41, 5.74) is 0. The van der Waals surface area contributed by atoms with E-state index in [1.54, 1.807) is 0 Å². The molecule has 0 bridgehead atoms. The Balaban J connectivity index is 1.94. The summed E-state index contributed by atoms with van der Waals surface area (Å²) in [5, 5.41) is 29.7. The van der Waals surface area contributed by atoms with Crippen molar-refractivity contribution in [3.05, 3.63) is 0 Å². The van der Waals surface area contributed by atoms with E-state index in [-0.39, 0.29) is 13.2 Å². The first kappa shape index (κ1) is 26.8. The molecule has 6 heteroatoms. The molecular weight excluding hydrogens is 388 g/mol. The van der Waals surface area contributed by atoms with Gasteiger partial charge in [-0.15, -0.1) is 0 Å². The molecule has 0 unspecified atom stereocenters. The van der Waals surface area contributed by atoms with Crippen molar-refractivity contribution in [2.24, 2.45) is 0 Å². The lowest BCUT2D eigenvalue weighted by molar-refractivity contribution is -0.190. The zero-order valence-electron chi connectivity index (χ0n) is 18.4. The van der Waals surface area contributed by atoms with Gasteiger partial charge in [-0.1, -0.05) is 90.4 Å². The Morgan fingerprint density at radius 2 is 1.34 bits per heavy atom. The molecule has 0 aromatic heterocycles. The molecule has 1 rings (SSSR count). The summed E-state index contributed by atoms with van der Waals surface area (Å²) in [6.07, 6.45) is 15.5. The third-order valence-corrected chi connectivity index (χ3v) is 6.06. The molecule has 0 aliphatic carbocycles. The second kappa shape index (κ2) is 17.4. The Hall–Kier alpha value is -0.270. The fourth-order valence-electron chi connectivity index (χ4n) is 3.84. The molecule has 0 aromatic rings. The van der Waals surface area contributed by atoms with Gasteiger partial charge in [0.2, 0.25) is 0 Å². The lowest BCUT2D eigenvalue weighted by Gasteiger charge is -2.37. The first-order valence-corrected chi connectivity index (χ1v) is 12.3. The molecule has 29 heavy (non-hydrogen) atoms. The van der Waals surface area contributed by atoms with E-state index >= 15 is 0 Å². The molecular formula is C23H44O5S. The molecule has 172 valence electrons. The van der Waals surface area contributed by atoms with E-state index < -0.39 is 24.4 Å². The predicted octanol–water partition coefficient (Wildman–Crippen LogP) is 4.68. The van der Waals surface area contributed by atoms with Crippen LogP contribution < -0.4 is 0 Å². The van der Waals surface area contributed by atoms with Crippen LogP contribution in [0.5, 0.6) is 0 Å².